The van der Waals surface area contributed by atoms with E-state index >= 15 is 0 Å². The van der Waals surface area contributed by atoms with Crippen molar-refractivity contribution in [3.05, 3.63) is 23.3 Å². The second-order valence-corrected chi connectivity index (χ2v) is 6.97. The van der Waals surface area contributed by atoms with Gasteiger partial charge in [0.2, 0.25) is 10.0 Å². The van der Waals surface area contributed by atoms with Gasteiger partial charge in [-0.25, -0.2) is 13.1 Å². The fourth-order valence-electron chi connectivity index (χ4n) is 2.56. The topological polar surface area (TPSA) is 67.4 Å². The van der Waals surface area contributed by atoms with Gasteiger partial charge < -0.3 is 10.1 Å². The molecule has 1 saturated heterocycles. The third kappa shape index (κ3) is 3.31. The summed E-state index contributed by atoms with van der Waals surface area (Å²) in [7, 11) is -1.65. The molecule has 1 aliphatic rings. The molecule has 0 radical (unpaired) electrons. The second-order valence-electron chi connectivity index (χ2n) is 5.27. The van der Waals surface area contributed by atoms with Gasteiger partial charge in [-0.1, -0.05) is 0 Å². The highest BCUT2D eigenvalue weighted by molar-refractivity contribution is 7.89. The minimum atomic E-state index is -3.47. The summed E-state index contributed by atoms with van der Waals surface area (Å²) in [5.74, 6) is 0.280. The largest absolute Gasteiger partial charge is 0.388 e. The maximum Gasteiger partial charge on any atom is 0.241 e. The van der Waals surface area contributed by atoms with Crippen LogP contribution in [0.3, 0.4) is 0 Å². The van der Waals surface area contributed by atoms with Crippen LogP contribution in [0.2, 0.25) is 0 Å². The SMILES string of the molecule is CNc1cc(C)c(S(=O)(=O)NCC2CCOC2)c(C)c1. The van der Waals surface area contributed by atoms with Crippen molar-refractivity contribution in [3.8, 4) is 0 Å². The van der Waals surface area contributed by atoms with Gasteiger partial charge in [0.15, 0.2) is 0 Å². The summed E-state index contributed by atoms with van der Waals surface area (Å²) < 4.78 is 32.9. The Balaban J connectivity index is 2.20. The maximum atomic E-state index is 12.5. The van der Waals surface area contributed by atoms with E-state index in [4.69, 9.17) is 4.74 Å². The Labute approximate surface area is 120 Å². The minimum Gasteiger partial charge on any atom is -0.388 e. The summed E-state index contributed by atoms with van der Waals surface area (Å²) >= 11 is 0. The number of anilines is 1. The Morgan fingerprint density at radius 2 is 1.95 bits per heavy atom. The predicted molar refractivity (Wildman–Crippen MR) is 79.6 cm³/mol. The summed E-state index contributed by atoms with van der Waals surface area (Å²) in [6, 6.07) is 3.69. The molecule has 2 rings (SSSR count). The van der Waals surface area contributed by atoms with Crippen LogP contribution in [0, 0.1) is 19.8 Å². The highest BCUT2D eigenvalue weighted by Crippen LogP contribution is 2.24. The van der Waals surface area contributed by atoms with Crippen molar-refractivity contribution < 1.29 is 13.2 Å². The van der Waals surface area contributed by atoms with Crippen molar-refractivity contribution in [1.29, 1.82) is 0 Å². The number of sulfonamides is 1. The van der Waals surface area contributed by atoms with Crippen molar-refractivity contribution in [1.82, 2.24) is 4.72 Å². The normalized spacial score (nSPS) is 19.2. The summed E-state index contributed by atoms with van der Waals surface area (Å²) in [5, 5.41) is 3.03. The van der Waals surface area contributed by atoms with E-state index in [1.54, 1.807) is 0 Å². The van der Waals surface area contributed by atoms with Gasteiger partial charge in [0.05, 0.1) is 11.5 Å². The predicted octanol–water partition coefficient (Wildman–Crippen LogP) is 1.66. The lowest BCUT2D eigenvalue weighted by molar-refractivity contribution is 0.186. The van der Waals surface area contributed by atoms with E-state index < -0.39 is 10.0 Å². The van der Waals surface area contributed by atoms with Crippen LogP contribution in [0.25, 0.3) is 0 Å². The highest BCUT2D eigenvalue weighted by Gasteiger charge is 2.23. The van der Waals surface area contributed by atoms with E-state index in [-0.39, 0.29) is 5.92 Å². The molecular formula is C14H22N2O3S. The van der Waals surface area contributed by atoms with Gasteiger partial charge in [0.25, 0.3) is 0 Å². The Morgan fingerprint density at radius 1 is 1.30 bits per heavy atom. The molecule has 1 heterocycles. The molecule has 1 fully saturated rings. The molecule has 112 valence electrons. The first-order valence-electron chi connectivity index (χ1n) is 6.80. The van der Waals surface area contributed by atoms with E-state index in [2.05, 4.69) is 10.0 Å². The highest BCUT2D eigenvalue weighted by atomic mass is 32.2. The van der Waals surface area contributed by atoms with Crippen LogP contribution in [0.1, 0.15) is 17.5 Å². The van der Waals surface area contributed by atoms with E-state index in [9.17, 15) is 8.42 Å². The van der Waals surface area contributed by atoms with Crippen molar-refractivity contribution in [2.24, 2.45) is 5.92 Å². The molecule has 0 amide bonds. The number of hydrogen-bond donors (Lipinski definition) is 2. The Morgan fingerprint density at radius 3 is 2.45 bits per heavy atom. The standard InChI is InChI=1S/C14H22N2O3S/c1-10-6-13(15-3)7-11(2)14(10)20(17,18)16-8-12-4-5-19-9-12/h6-7,12,15-16H,4-5,8-9H2,1-3H3. The summed E-state index contributed by atoms with van der Waals surface area (Å²) in [5.41, 5.74) is 2.43. The third-order valence-corrected chi connectivity index (χ3v) is 5.33. The van der Waals surface area contributed by atoms with E-state index in [0.29, 0.717) is 18.0 Å². The molecule has 2 N–H and O–H groups in total. The lowest BCUT2D eigenvalue weighted by Gasteiger charge is -2.15. The average molecular weight is 298 g/mol. The fraction of sp³-hybridized carbons (Fsp3) is 0.571. The number of ether oxygens (including phenoxy) is 1. The van der Waals surface area contributed by atoms with Crippen molar-refractivity contribution >= 4 is 15.7 Å². The molecular weight excluding hydrogens is 276 g/mol. The molecule has 0 bridgehead atoms. The van der Waals surface area contributed by atoms with Gasteiger partial charge in [0, 0.05) is 25.9 Å². The maximum absolute atomic E-state index is 12.5. The zero-order valence-corrected chi connectivity index (χ0v) is 13.0. The van der Waals surface area contributed by atoms with E-state index in [1.165, 1.54) is 0 Å². The molecule has 0 aromatic heterocycles. The lowest BCUT2D eigenvalue weighted by Crippen LogP contribution is -2.30. The Bertz CT molecular complexity index is 555. The molecule has 0 spiro atoms. The summed E-state index contributed by atoms with van der Waals surface area (Å²) in [6.45, 7) is 5.44. The molecule has 0 saturated carbocycles. The fourth-order valence-corrected chi connectivity index (χ4v) is 4.13. The molecule has 6 heteroatoms. The zero-order chi connectivity index (χ0) is 14.8. The Hall–Kier alpha value is -1.11. The second kappa shape index (κ2) is 6.11. The number of nitrogens with one attached hydrogen (secondary N) is 2. The number of hydrogen-bond acceptors (Lipinski definition) is 4. The van der Waals surface area contributed by atoms with Crippen LogP contribution in [0.15, 0.2) is 17.0 Å². The Kier molecular flexibility index (Phi) is 4.67. The van der Waals surface area contributed by atoms with Crippen LogP contribution < -0.4 is 10.0 Å². The van der Waals surface area contributed by atoms with E-state index in [0.717, 1.165) is 29.8 Å². The van der Waals surface area contributed by atoms with Crippen molar-refractivity contribution in [3.63, 3.8) is 0 Å². The quantitative estimate of drug-likeness (QED) is 0.867. The smallest absolute Gasteiger partial charge is 0.241 e. The zero-order valence-electron chi connectivity index (χ0n) is 12.2. The lowest BCUT2D eigenvalue weighted by atomic mass is 10.1. The molecule has 1 atom stereocenters. The number of aryl methyl sites for hydroxylation is 2. The molecule has 1 aromatic rings. The molecule has 1 aromatic carbocycles. The molecule has 1 aliphatic heterocycles. The first kappa shape index (κ1) is 15.3. The van der Waals surface area contributed by atoms with Gasteiger partial charge in [-0.15, -0.1) is 0 Å². The van der Waals surface area contributed by atoms with Crippen molar-refractivity contribution in [2.45, 2.75) is 25.2 Å². The van der Waals surface area contributed by atoms with Crippen LogP contribution >= 0.6 is 0 Å². The molecule has 1 unspecified atom stereocenters. The first-order chi connectivity index (χ1) is 9.44. The van der Waals surface area contributed by atoms with Gasteiger partial charge in [-0.05, 0) is 49.4 Å². The molecule has 5 nitrogen and oxygen atoms in total. The molecule has 20 heavy (non-hydrogen) atoms. The van der Waals surface area contributed by atoms with Crippen LogP contribution in [-0.4, -0.2) is 35.2 Å². The monoisotopic (exact) mass is 298 g/mol. The van der Waals surface area contributed by atoms with Gasteiger partial charge in [-0.2, -0.15) is 0 Å². The third-order valence-electron chi connectivity index (χ3n) is 3.60. The van der Waals surface area contributed by atoms with Gasteiger partial charge in [0.1, 0.15) is 0 Å². The van der Waals surface area contributed by atoms with Crippen LogP contribution in [0.5, 0.6) is 0 Å². The van der Waals surface area contributed by atoms with Crippen LogP contribution in [0.4, 0.5) is 5.69 Å². The first-order valence-corrected chi connectivity index (χ1v) is 8.29. The minimum absolute atomic E-state index is 0.280. The summed E-state index contributed by atoms with van der Waals surface area (Å²) in [6.07, 6.45) is 0.916. The molecule has 0 aliphatic carbocycles. The van der Waals surface area contributed by atoms with E-state index in [1.807, 2.05) is 33.0 Å². The average Bonchev–Trinajstić information content (AvgIpc) is 2.88. The summed E-state index contributed by atoms with van der Waals surface area (Å²) in [4.78, 5) is 0.385. The number of benzene rings is 1. The van der Waals surface area contributed by atoms with Gasteiger partial charge in [-0.3, -0.25) is 0 Å². The van der Waals surface area contributed by atoms with Crippen molar-refractivity contribution in [2.75, 3.05) is 32.1 Å². The van der Waals surface area contributed by atoms with Crippen LogP contribution in [-0.2, 0) is 14.8 Å². The van der Waals surface area contributed by atoms with Gasteiger partial charge >= 0.3 is 0 Å². The number of rotatable bonds is 5.